The summed E-state index contributed by atoms with van der Waals surface area (Å²) in [5.41, 5.74) is 2.89. The number of pyridine rings is 1. The van der Waals surface area contributed by atoms with Crippen LogP contribution in [0.4, 0.5) is 8.78 Å². The minimum Gasteiger partial charge on any atom is -0.310 e. The molecular weight excluding hydrogens is 388 g/mol. The Morgan fingerprint density at radius 1 is 1.17 bits per heavy atom. The third-order valence-electron chi connectivity index (χ3n) is 5.62. The molecule has 0 saturated heterocycles. The summed E-state index contributed by atoms with van der Waals surface area (Å²) in [5.74, 6) is -0.444. The van der Waals surface area contributed by atoms with Crippen LogP contribution in [-0.4, -0.2) is 24.7 Å². The zero-order valence-electron chi connectivity index (χ0n) is 16.3. The highest BCUT2D eigenvalue weighted by molar-refractivity contribution is 5.78. The first-order valence-corrected chi connectivity index (χ1v) is 9.85. The zero-order valence-corrected chi connectivity index (χ0v) is 16.3. The summed E-state index contributed by atoms with van der Waals surface area (Å²) in [5, 5.41) is 5.12. The number of nitrogens with zero attached hydrogens (tertiary/aromatic N) is 4. The van der Waals surface area contributed by atoms with E-state index in [4.69, 9.17) is 0 Å². The molecule has 1 aliphatic carbocycles. The summed E-state index contributed by atoms with van der Waals surface area (Å²) in [6.07, 6.45) is 5.27. The molecule has 0 bridgehead atoms. The molecule has 1 aromatic carbocycles. The normalized spacial score (nSPS) is 14.2. The first-order valence-electron chi connectivity index (χ1n) is 9.85. The minimum absolute atomic E-state index is 0.176. The molecule has 1 aliphatic rings. The van der Waals surface area contributed by atoms with Crippen molar-refractivity contribution in [3.05, 3.63) is 75.6 Å². The Kier molecular flexibility index (Phi) is 4.42. The molecule has 30 heavy (non-hydrogen) atoms. The molecule has 4 aromatic rings. The highest BCUT2D eigenvalue weighted by Crippen LogP contribution is 2.37. The number of aromatic nitrogens is 5. The molecule has 5 rings (SSSR count). The maximum Gasteiger partial charge on any atom is 0.262 e. The molecule has 0 unspecified atom stereocenters. The number of aryl methyl sites for hydroxylation is 1. The second-order valence-corrected chi connectivity index (χ2v) is 7.73. The number of rotatable bonds is 4. The molecule has 0 spiro atoms. The summed E-state index contributed by atoms with van der Waals surface area (Å²) >= 11 is 0. The van der Waals surface area contributed by atoms with E-state index in [9.17, 15) is 13.6 Å². The Morgan fingerprint density at radius 2 is 1.93 bits per heavy atom. The van der Waals surface area contributed by atoms with E-state index < -0.39 is 11.6 Å². The van der Waals surface area contributed by atoms with Crippen molar-refractivity contribution in [2.45, 2.75) is 31.6 Å². The fourth-order valence-electron chi connectivity index (χ4n) is 3.88. The molecule has 8 heteroatoms. The van der Waals surface area contributed by atoms with Crippen molar-refractivity contribution >= 4 is 11.0 Å². The van der Waals surface area contributed by atoms with Crippen LogP contribution in [0.3, 0.4) is 0 Å². The van der Waals surface area contributed by atoms with E-state index in [0.29, 0.717) is 40.5 Å². The fourth-order valence-corrected chi connectivity index (χ4v) is 3.88. The molecule has 1 saturated carbocycles. The number of H-pyrrole nitrogens is 1. The highest BCUT2D eigenvalue weighted by Gasteiger charge is 2.27. The lowest BCUT2D eigenvalue weighted by molar-refractivity contribution is 0.410. The SMILES string of the molecule is Cn1nc(C2CCC2)c2c(=O)[nH]c(Cc3ccc(-c4cc(F)cc(F)c4)nc3)nc21. The van der Waals surface area contributed by atoms with Gasteiger partial charge in [-0.15, -0.1) is 0 Å². The summed E-state index contributed by atoms with van der Waals surface area (Å²) in [4.78, 5) is 24.5. The minimum atomic E-state index is -0.650. The molecule has 0 amide bonds. The van der Waals surface area contributed by atoms with Gasteiger partial charge in [0.05, 0.1) is 11.4 Å². The van der Waals surface area contributed by atoms with Gasteiger partial charge in [0.25, 0.3) is 5.56 Å². The average molecular weight is 407 g/mol. The number of halogens is 2. The maximum absolute atomic E-state index is 13.4. The van der Waals surface area contributed by atoms with Crippen molar-refractivity contribution < 1.29 is 8.78 Å². The molecule has 6 nitrogen and oxygen atoms in total. The van der Waals surface area contributed by atoms with Gasteiger partial charge in [-0.2, -0.15) is 5.10 Å². The predicted molar refractivity (Wildman–Crippen MR) is 108 cm³/mol. The van der Waals surface area contributed by atoms with Crippen LogP contribution >= 0.6 is 0 Å². The van der Waals surface area contributed by atoms with Crippen LogP contribution in [0.2, 0.25) is 0 Å². The van der Waals surface area contributed by atoms with Gasteiger partial charge in [0, 0.05) is 37.2 Å². The van der Waals surface area contributed by atoms with E-state index in [2.05, 4.69) is 20.1 Å². The van der Waals surface area contributed by atoms with E-state index in [1.807, 2.05) is 0 Å². The van der Waals surface area contributed by atoms with Crippen LogP contribution in [-0.2, 0) is 13.5 Å². The summed E-state index contributed by atoms with van der Waals surface area (Å²) < 4.78 is 28.5. The number of nitrogens with one attached hydrogen (secondary N) is 1. The van der Waals surface area contributed by atoms with Crippen LogP contribution in [0.15, 0.2) is 41.3 Å². The topological polar surface area (TPSA) is 76.5 Å². The van der Waals surface area contributed by atoms with Crippen molar-refractivity contribution in [3.8, 4) is 11.3 Å². The summed E-state index contributed by atoms with van der Waals surface area (Å²) in [6, 6.07) is 6.79. The molecule has 3 heterocycles. The van der Waals surface area contributed by atoms with Crippen LogP contribution in [0.1, 0.15) is 42.3 Å². The van der Waals surface area contributed by atoms with Gasteiger partial charge in [-0.25, -0.2) is 18.4 Å². The second-order valence-electron chi connectivity index (χ2n) is 7.73. The van der Waals surface area contributed by atoms with E-state index in [0.717, 1.165) is 36.6 Å². The van der Waals surface area contributed by atoms with Crippen LogP contribution in [0, 0.1) is 11.6 Å². The van der Waals surface area contributed by atoms with Crippen molar-refractivity contribution in [3.63, 3.8) is 0 Å². The summed E-state index contributed by atoms with van der Waals surface area (Å²) in [6.45, 7) is 0. The largest absolute Gasteiger partial charge is 0.310 e. The van der Waals surface area contributed by atoms with Crippen molar-refractivity contribution in [2.24, 2.45) is 7.05 Å². The van der Waals surface area contributed by atoms with Crippen molar-refractivity contribution in [1.82, 2.24) is 24.7 Å². The zero-order chi connectivity index (χ0) is 20.8. The quantitative estimate of drug-likeness (QED) is 0.557. The molecule has 1 fully saturated rings. The molecule has 0 atom stereocenters. The predicted octanol–water partition coefficient (Wildman–Crippen LogP) is 3.86. The van der Waals surface area contributed by atoms with Gasteiger partial charge in [-0.1, -0.05) is 12.5 Å². The van der Waals surface area contributed by atoms with Crippen LogP contribution in [0.25, 0.3) is 22.3 Å². The van der Waals surface area contributed by atoms with Gasteiger partial charge in [-0.05, 0) is 36.6 Å². The first-order chi connectivity index (χ1) is 14.5. The van der Waals surface area contributed by atoms with Crippen molar-refractivity contribution in [1.29, 1.82) is 0 Å². The van der Waals surface area contributed by atoms with Gasteiger partial charge in [0.2, 0.25) is 0 Å². The molecule has 0 aliphatic heterocycles. The Hall–Kier alpha value is -3.42. The third-order valence-corrected chi connectivity index (χ3v) is 5.62. The Balaban J connectivity index is 1.44. The van der Waals surface area contributed by atoms with E-state index in [1.54, 1.807) is 30.1 Å². The number of fused-ring (bicyclic) bond motifs is 1. The van der Waals surface area contributed by atoms with Gasteiger partial charge >= 0.3 is 0 Å². The summed E-state index contributed by atoms with van der Waals surface area (Å²) in [7, 11) is 1.80. The fraction of sp³-hybridized carbons (Fsp3) is 0.273. The van der Waals surface area contributed by atoms with E-state index in [-0.39, 0.29) is 5.56 Å². The van der Waals surface area contributed by atoms with Crippen molar-refractivity contribution in [2.75, 3.05) is 0 Å². The number of hydrogen-bond donors (Lipinski definition) is 1. The van der Waals surface area contributed by atoms with Gasteiger partial charge in [0.1, 0.15) is 22.8 Å². The maximum atomic E-state index is 13.4. The van der Waals surface area contributed by atoms with Gasteiger partial charge in [-0.3, -0.25) is 9.78 Å². The van der Waals surface area contributed by atoms with E-state index >= 15 is 0 Å². The monoisotopic (exact) mass is 407 g/mol. The number of hydrogen-bond acceptors (Lipinski definition) is 4. The second kappa shape index (κ2) is 7.12. The van der Waals surface area contributed by atoms with Crippen LogP contribution < -0.4 is 5.56 Å². The highest BCUT2D eigenvalue weighted by atomic mass is 19.1. The smallest absolute Gasteiger partial charge is 0.262 e. The lowest BCUT2D eigenvalue weighted by Crippen LogP contribution is -2.16. The Morgan fingerprint density at radius 3 is 2.57 bits per heavy atom. The standard InChI is InChI=1S/C22H19F2N5O/c1-29-21-19(20(28-29)13-3-2-4-13)22(30)27-18(26-21)7-12-5-6-17(25-11-12)14-8-15(23)10-16(24)9-14/h5-6,8-11,13H,2-4,7H2,1H3,(H,26,27,30). The lowest BCUT2D eigenvalue weighted by Gasteiger charge is -2.23. The van der Waals surface area contributed by atoms with E-state index in [1.165, 1.54) is 12.1 Å². The number of aromatic amines is 1. The van der Waals surface area contributed by atoms with Crippen LogP contribution in [0.5, 0.6) is 0 Å². The lowest BCUT2D eigenvalue weighted by atomic mass is 9.82. The first kappa shape index (κ1) is 18.6. The Labute approximate surface area is 170 Å². The number of benzene rings is 1. The van der Waals surface area contributed by atoms with Gasteiger partial charge < -0.3 is 4.98 Å². The molecule has 1 N–H and O–H groups in total. The molecule has 3 aromatic heterocycles. The molecular formula is C22H19F2N5O. The average Bonchev–Trinajstić information content (AvgIpc) is 2.97. The molecule has 0 radical (unpaired) electrons. The molecule has 152 valence electrons. The third kappa shape index (κ3) is 3.28. The van der Waals surface area contributed by atoms with Gasteiger partial charge in [0.15, 0.2) is 5.65 Å². The Bertz CT molecular complexity index is 1290.